The number of anilines is 3. The minimum absolute atomic E-state index is 0.0229. The molecule has 17 heteroatoms. The molecule has 1 amide bonds. The molecule has 0 unspecified atom stereocenters. The summed E-state index contributed by atoms with van der Waals surface area (Å²) >= 11 is 0. The van der Waals surface area contributed by atoms with Crippen LogP contribution in [0.2, 0.25) is 0 Å². The van der Waals surface area contributed by atoms with Gasteiger partial charge in [-0.25, -0.2) is 4.39 Å². The lowest BCUT2D eigenvalue weighted by Crippen LogP contribution is -2.54. The summed E-state index contributed by atoms with van der Waals surface area (Å²) in [5.74, 6) is -1.59. The second-order valence-corrected chi connectivity index (χ2v) is 11.4. The third-order valence-corrected chi connectivity index (χ3v) is 8.35. The second kappa shape index (κ2) is 12.4. The van der Waals surface area contributed by atoms with Crippen LogP contribution in [0.4, 0.5) is 34.8 Å². The topological polar surface area (TPSA) is 143 Å². The monoisotopic (exact) mass is 660 g/mol. The van der Waals surface area contributed by atoms with Crippen molar-refractivity contribution >= 4 is 34.5 Å². The number of rotatable bonds is 7. The number of carbonyl (C=O) groups is 1. The molecule has 1 atom stereocenters. The Morgan fingerprint density at radius 1 is 1.23 bits per heavy atom. The first-order valence-electron chi connectivity index (χ1n) is 15.0. The predicted molar refractivity (Wildman–Crippen MR) is 162 cm³/mol. The van der Waals surface area contributed by atoms with E-state index in [1.165, 1.54) is 6.92 Å². The summed E-state index contributed by atoms with van der Waals surface area (Å²) in [6, 6.07) is 1.07. The molecule has 0 saturated carbocycles. The first-order chi connectivity index (χ1) is 22.4. The molecule has 2 aliphatic heterocycles. The lowest BCUT2D eigenvalue weighted by atomic mass is 10.1. The van der Waals surface area contributed by atoms with Crippen molar-refractivity contribution in [3.05, 3.63) is 63.3 Å². The smallest absolute Gasteiger partial charge is 0.419 e. The van der Waals surface area contributed by atoms with Gasteiger partial charge in [0, 0.05) is 31.4 Å². The van der Waals surface area contributed by atoms with E-state index in [-0.39, 0.29) is 34.6 Å². The molecule has 0 spiro atoms. The maximum absolute atomic E-state index is 14.4. The Balaban J connectivity index is 1.40. The van der Waals surface area contributed by atoms with Crippen molar-refractivity contribution in [1.29, 1.82) is 0 Å². The molecule has 4 aromatic rings. The average molecular weight is 661 g/mol. The first-order valence-corrected chi connectivity index (χ1v) is 15.0. The zero-order chi connectivity index (χ0) is 33.6. The van der Waals surface area contributed by atoms with Crippen molar-refractivity contribution in [2.45, 2.75) is 52.4 Å². The Bertz CT molecular complexity index is 1930. The largest absolute Gasteiger partial charge is 0.502 e. The van der Waals surface area contributed by atoms with E-state index in [4.69, 9.17) is 9.26 Å². The summed E-state index contributed by atoms with van der Waals surface area (Å²) in [7, 11) is 0. The summed E-state index contributed by atoms with van der Waals surface area (Å²) in [6.45, 7) is 6.56. The highest BCUT2D eigenvalue weighted by Crippen LogP contribution is 2.34. The molecule has 0 radical (unpaired) electrons. The highest BCUT2D eigenvalue weighted by Gasteiger charge is 2.35. The number of aromatic hydroxyl groups is 1. The standard InChI is InChI=1S/C30H32F4N8O5/c1-4-22-25(39-7-8-40(17(3)13-39)27-23(43)15-47-38-27)28(45)42-29(36-26(37-42)18-5-9-46-10-6-18)41(22)14-24(44)35-21-12-20(31)19(11-16(21)2)30(32,33)34/h5,11-12,15,17,43H,4,6-10,13-14H2,1-3H3,(H,35,44)/t17-/m1/s1. The predicted octanol–water partition coefficient (Wildman–Crippen LogP) is 3.77. The Morgan fingerprint density at radius 2 is 2.02 bits per heavy atom. The quantitative estimate of drug-likeness (QED) is 0.281. The van der Waals surface area contributed by atoms with Crippen LogP contribution in [0.25, 0.3) is 11.4 Å². The Morgan fingerprint density at radius 3 is 2.66 bits per heavy atom. The van der Waals surface area contributed by atoms with Crippen molar-refractivity contribution in [2.24, 2.45) is 0 Å². The molecule has 47 heavy (non-hydrogen) atoms. The van der Waals surface area contributed by atoms with Gasteiger partial charge >= 0.3 is 6.18 Å². The fraction of sp³-hybridized carbons (Fsp3) is 0.433. The summed E-state index contributed by atoms with van der Waals surface area (Å²) in [5.41, 5.74) is -0.401. The molecule has 1 aromatic carbocycles. The van der Waals surface area contributed by atoms with Crippen molar-refractivity contribution in [2.75, 3.05) is 48.0 Å². The summed E-state index contributed by atoms with van der Waals surface area (Å²) in [5, 5.41) is 21.1. The van der Waals surface area contributed by atoms with Gasteiger partial charge in [-0.3, -0.25) is 9.59 Å². The van der Waals surface area contributed by atoms with E-state index in [0.29, 0.717) is 75.0 Å². The Labute approximate surface area is 265 Å². The van der Waals surface area contributed by atoms with Crippen LogP contribution in [0, 0.1) is 12.7 Å². The maximum atomic E-state index is 14.4. The van der Waals surface area contributed by atoms with Crippen LogP contribution in [-0.2, 0) is 28.7 Å². The SMILES string of the molecule is CCc1c(N2CCN(c3nocc3O)[C@H](C)C2)c(=O)n2nc(C3=CCOCC3)nc2n1CC(=O)Nc1cc(F)c(C(F)(F)F)cc1C. The van der Waals surface area contributed by atoms with E-state index in [2.05, 4.69) is 20.6 Å². The minimum atomic E-state index is -4.89. The molecule has 2 N–H and O–H groups in total. The van der Waals surface area contributed by atoms with Crippen LogP contribution in [0.15, 0.2) is 33.8 Å². The number of carbonyl (C=O) groups excluding carboxylic acids is 1. The normalized spacial score (nSPS) is 17.3. The highest BCUT2D eigenvalue weighted by molar-refractivity contribution is 5.92. The molecule has 13 nitrogen and oxygen atoms in total. The third-order valence-electron chi connectivity index (χ3n) is 8.35. The number of aromatic nitrogens is 5. The lowest BCUT2D eigenvalue weighted by Gasteiger charge is -2.41. The number of hydrogen-bond donors (Lipinski definition) is 2. The number of nitrogens with zero attached hydrogens (tertiary/aromatic N) is 7. The van der Waals surface area contributed by atoms with Crippen molar-refractivity contribution in [3.63, 3.8) is 0 Å². The van der Waals surface area contributed by atoms with E-state index in [1.807, 2.05) is 29.7 Å². The van der Waals surface area contributed by atoms with Crippen LogP contribution < -0.4 is 20.7 Å². The molecule has 1 fully saturated rings. The molecule has 2 aliphatic rings. The summed E-state index contributed by atoms with van der Waals surface area (Å²) < 4.78 is 67.1. The molecule has 5 heterocycles. The molecule has 250 valence electrons. The number of nitrogens with one attached hydrogen (secondary N) is 1. The van der Waals surface area contributed by atoms with Crippen LogP contribution in [0.3, 0.4) is 0 Å². The van der Waals surface area contributed by atoms with E-state index < -0.39 is 35.6 Å². The number of aryl methyl sites for hydroxylation is 1. The first kappa shape index (κ1) is 32.0. The molecular weight excluding hydrogens is 628 g/mol. The number of fused-ring (bicyclic) bond motifs is 1. The molecule has 0 aliphatic carbocycles. The van der Waals surface area contributed by atoms with Crippen LogP contribution in [0.1, 0.15) is 42.9 Å². The molecule has 3 aromatic heterocycles. The van der Waals surface area contributed by atoms with Gasteiger partial charge in [-0.05, 0) is 50.0 Å². The van der Waals surface area contributed by atoms with Gasteiger partial charge in [0.25, 0.3) is 5.56 Å². The zero-order valence-corrected chi connectivity index (χ0v) is 25.8. The number of alkyl halides is 3. The number of ether oxygens (including phenoxy) is 1. The third kappa shape index (κ3) is 6.02. The van der Waals surface area contributed by atoms with E-state index in [1.54, 1.807) is 4.57 Å². The van der Waals surface area contributed by atoms with Crippen molar-refractivity contribution < 1.29 is 36.7 Å². The number of benzene rings is 1. The van der Waals surface area contributed by atoms with Gasteiger partial charge in [0.2, 0.25) is 23.3 Å². The Kier molecular flexibility index (Phi) is 8.42. The number of amides is 1. The highest BCUT2D eigenvalue weighted by atomic mass is 19.4. The zero-order valence-electron chi connectivity index (χ0n) is 25.8. The summed E-state index contributed by atoms with van der Waals surface area (Å²) in [6.07, 6.45) is -1.11. The van der Waals surface area contributed by atoms with Crippen LogP contribution >= 0.6 is 0 Å². The molecule has 1 saturated heterocycles. The molecule has 0 bridgehead atoms. The minimum Gasteiger partial charge on any atom is -0.502 e. The summed E-state index contributed by atoms with van der Waals surface area (Å²) in [4.78, 5) is 36.0. The number of piperazine rings is 1. The van der Waals surface area contributed by atoms with Crippen LogP contribution in [0.5, 0.6) is 5.75 Å². The van der Waals surface area contributed by atoms with E-state index in [9.17, 15) is 32.3 Å². The van der Waals surface area contributed by atoms with Gasteiger partial charge in [0.05, 0.1) is 24.5 Å². The van der Waals surface area contributed by atoms with Gasteiger partial charge < -0.3 is 34.1 Å². The molecular formula is C30H32F4N8O5. The molecule has 6 rings (SSSR count). The average Bonchev–Trinajstić information content (AvgIpc) is 3.67. The Hall–Kier alpha value is -4.93. The van der Waals surface area contributed by atoms with Gasteiger partial charge in [-0.2, -0.15) is 22.7 Å². The maximum Gasteiger partial charge on any atom is 0.419 e. The van der Waals surface area contributed by atoms with Gasteiger partial charge in [0.1, 0.15) is 18.0 Å². The lowest BCUT2D eigenvalue weighted by molar-refractivity contribution is -0.140. The number of hydrogen-bond acceptors (Lipinski definition) is 10. The van der Waals surface area contributed by atoms with E-state index in [0.717, 1.165) is 16.4 Å². The van der Waals surface area contributed by atoms with Crippen molar-refractivity contribution in [3.8, 4) is 5.75 Å². The van der Waals surface area contributed by atoms with Gasteiger partial charge in [0.15, 0.2) is 12.1 Å². The fourth-order valence-electron chi connectivity index (χ4n) is 6.06. The van der Waals surface area contributed by atoms with Crippen molar-refractivity contribution in [1.82, 2.24) is 24.3 Å². The van der Waals surface area contributed by atoms with Crippen LogP contribution in [-0.4, -0.2) is 74.2 Å². The van der Waals surface area contributed by atoms with E-state index >= 15 is 0 Å². The number of halogens is 4. The second-order valence-electron chi connectivity index (χ2n) is 11.4. The van der Waals surface area contributed by atoms with Gasteiger partial charge in [-0.15, -0.1) is 5.10 Å². The fourth-order valence-corrected chi connectivity index (χ4v) is 6.06. The van der Waals surface area contributed by atoms with Gasteiger partial charge in [-0.1, -0.05) is 18.2 Å².